The minimum atomic E-state index is 0.284. The molecule has 1 aliphatic carbocycles. The van der Waals surface area contributed by atoms with Crippen LogP contribution in [0.15, 0.2) is 41.5 Å². The summed E-state index contributed by atoms with van der Waals surface area (Å²) in [5, 5.41) is 0. The van der Waals surface area contributed by atoms with Gasteiger partial charge in [0.1, 0.15) is 12.4 Å². The van der Waals surface area contributed by atoms with Gasteiger partial charge in [0.05, 0.1) is 0 Å². The van der Waals surface area contributed by atoms with Crippen LogP contribution in [0.4, 0.5) is 0 Å². The third-order valence-corrected chi connectivity index (χ3v) is 4.23. The number of ether oxygens (including phenoxy) is 1. The van der Waals surface area contributed by atoms with Gasteiger partial charge >= 0.3 is 0 Å². The highest BCUT2D eigenvalue weighted by Gasteiger charge is 2.26. The van der Waals surface area contributed by atoms with Crippen molar-refractivity contribution >= 4 is 6.08 Å². The van der Waals surface area contributed by atoms with Gasteiger partial charge in [0.25, 0.3) is 0 Å². The molecule has 0 aliphatic heterocycles. The van der Waals surface area contributed by atoms with Crippen molar-refractivity contribution in [2.24, 2.45) is 11.1 Å². The van der Waals surface area contributed by atoms with Crippen LogP contribution in [0.5, 0.6) is 5.75 Å². The molecule has 2 rings (SSSR count). The molecule has 21 heavy (non-hydrogen) atoms. The fourth-order valence-electron chi connectivity index (χ4n) is 3.07. The molecule has 114 valence electrons. The van der Waals surface area contributed by atoms with Gasteiger partial charge in [-0.05, 0) is 54.9 Å². The number of allylic oxidation sites excluding steroid dienone is 3. The molecule has 1 aromatic carbocycles. The minimum Gasteiger partial charge on any atom is -0.492 e. The fraction of sp³-hybridized carbons (Fsp3) is 0.474. The SMILES string of the molecule is CC1=C(/C=C/c2cccc(OCCN)c2)C(C)(C)CCC1. The minimum absolute atomic E-state index is 0.284. The molecule has 2 heteroatoms. The Balaban J connectivity index is 2.17. The number of benzene rings is 1. The highest BCUT2D eigenvalue weighted by molar-refractivity contribution is 5.56. The summed E-state index contributed by atoms with van der Waals surface area (Å²) >= 11 is 0. The lowest BCUT2D eigenvalue weighted by Gasteiger charge is -2.32. The van der Waals surface area contributed by atoms with Gasteiger partial charge in [-0.25, -0.2) is 0 Å². The van der Waals surface area contributed by atoms with Crippen LogP contribution in [0.2, 0.25) is 0 Å². The molecule has 1 aromatic rings. The molecular formula is C19H27NO. The normalized spacial score (nSPS) is 18.3. The first-order valence-corrected chi connectivity index (χ1v) is 7.84. The van der Waals surface area contributed by atoms with Gasteiger partial charge in [-0.2, -0.15) is 0 Å². The highest BCUT2D eigenvalue weighted by Crippen LogP contribution is 2.40. The number of rotatable bonds is 5. The van der Waals surface area contributed by atoms with E-state index in [-0.39, 0.29) is 5.41 Å². The average Bonchev–Trinajstić information content (AvgIpc) is 2.44. The van der Waals surface area contributed by atoms with Gasteiger partial charge in [-0.1, -0.05) is 43.7 Å². The summed E-state index contributed by atoms with van der Waals surface area (Å²) < 4.78 is 5.58. The van der Waals surface area contributed by atoms with Crippen molar-refractivity contribution in [1.29, 1.82) is 0 Å². The Labute approximate surface area is 128 Å². The monoisotopic (exact) mass is 285 g/mol. The van der Waals surface area contributed by atoms with E-state index in [0.29, 0.717) is 13.2 Å². The summed E-state index contributed by atoms with van der Waals surface area (Å²) in [5.74, 6) is 0.885. The molecule has 0 unspecified atom stereocenters. The van der Waals surface area contributed by atoms with Crippen LogP contribution < -0.4 is 10.5 Å². The largest absolute Gasteiger partial charge is 0.492 e. The molecule has 2 nitrogen and oxygen atoms in total. The molecule has 0 fully saturated rings. The second-order valence-electron chi connectivity index (χ2n) is 6.47. The van der Waals surface area contributed by atoms with Gasteiger partial charge < -0.3 is 10.5 Å². The number of nitrogens with two attached hydrogens (primary N) is 1. The van der Waals surface area contributed by atoms with Gasteiger partial charge in [-0.3, -0.25) is 0 Å². The molecule has 0 spiro atoms. The molecular weight excluding hydrogens is 258 g/mol. The summed E-state index contributed by atoms with van der Waals surface area (Å²) in [6, 6.07) is 8.18. The Hall–Kier alpha value is -1.54. The van der Waals surface area contributed by atoms with Crippen LogP contribution in [-0.2, 0) is 0 Å². The molecule has 0 atom stereocenters. The van der Waals surface area contributed by atoms with Crippen molar-refractivity contribution in [3.05, 3.63) is 47.1 Å². The Bertz CT molecular complexity index is 540. The fourth-order valence-corrected chi connectivity index (χ4v) is 3.07. The van der Waals surface area contributed by atoms with E-state index in [1.54, 1.807) is 0 Å². The number of hydrogen-bond donors (Lipinski definition) is 1. The molecule has 2 N–H and O–H groups in total. The summed E-state index contributed by atoms with van der Waals surface area (Å²) in [7, 11) is 0. The molecule has 0 saturated heterocycles. The van der Waals surface area contributed by atoms with Crippen LogP contribution in [0.25, 0.3) is 6.08 Å². The first kappa shape index (κ1) is 15.8. The molecule has 0 heterocycles. The zero-order valence-corrected chi connectivity index (χ0v) is 13.5. The maximum absolute atomic E-state index is 5.58. The summed E-state index contributed by atoms with van der Waals surface area (Å²) in [6.45, 7) is 8.05. The molecule has 0 bridgehead atoms. The van der Waals surface area contributed by atoms with E-state index in [2.05, 4.69) is 45.1 Å². The van der Waals surface area contributed by atoms with E-state index in [9.17, 15) is 0 Å². The van der Waals surface area contributed by atoms with E-state index in [0.717, 1.165) is 5.75 Å². The number of hydrogen-bond acceptors (Lipinski definition) is 2. The summed E-state index contributed by atoms with van der Waals surface area (Å²) in [6.07, 6.45) is 8.28. The van der Waals surface area contributed by atoms with Gasteiger partial charge in [0.2, 0.25) is 0 Å². The first-order valence-electron chi connectivity index (χ1n) is 7.84. The van der Waals surface area contributed by atoms with Crippen LogP contribution in [0.3, 0.4) is 0 Å². The van der Waals surface area contributed by atoms with Crippen molar-refractivity contribution in [3.63, 3.8) is 0 Å². The van der Waals surface area contributed by atoms with Crippen LogP contribution >= 0.6 is 0 Å². The van der Waals surface area contributed by atoms with E-state index < -0.39 is 0 Å². The third-order valence-electron chi connectivity index (χ3n) is 4.23. The summed E-state index contributed by atoms with van der Waals surface area (Å²) in [5.41, 5.74) is 9.94. The Morgan fingerprint density at radius 3 is 2.81 bits per heavy atom. The smallest absolute Gasteiger partial charge is 0.119 e. The lowest BCUT2D eigenvalue weighted by molar-refractivity contribution is 0.328. The van der Waals surface area contributed by atoms with E-state index in [4.69, 9.17) is 10.5 Å². The van der Waals surface area contributed by atoms with Gasteiger partial charge in [0, 0.05) is 6.54 Å². The van der Waals surface area contributed by atoms with Crippen molar-refractivity contribution in [3.8, 4) is 5.75 Å². The Morgan fingerprint density at radius 1 is 1.29 bits per heavy atom. The lowest BCUT2D eigenvalue weighted by atomic mass is 9.72. The standard InChI is InChI=1S/C19H27NO/c1-15-6-5-11-19(2,3)18(15)10-9-16-7-4-8-17(14-16)21-13-12-20/h4,7-10,14H,5-6,11-13,20H2,1-3H3/b10-9+. The first-order chi connectivity index (χ1) is 10.0. The average molecular weight is 285 g/mol. The van der Waals surface area contributed by atoms with E-state index in [1.165, 1.54) is 36.0 Å². The third kappa shape index (κ3) is 4.21. The van der Waals surface area contributed by atoms with Gasteiger partial charge in [0.15, 0.2) is 0 Å². The lowest BCUT2D eigenvalue weighted by Crippen LogP contribution is -2.18. The van der Waals surface area contributed by atoms with Crippen molar-refractivity contribution in [2.75, 3.05) is 13.2 Å². The highest BCUT2D eigenvalue weighted by atomic mass is 16.5. The topological polar surface area (TPSA) is 35.2 Å². The van der Waals surface area contributed by atoms with Crippen LogP contribution in [0, 0.1) is 5.41 Å². The molecule has 0 saturated carbocycles. The van der Waals surface area contributed by atoms with Crippen LogP contribution in [-0.4, -0.2) is 13.2 Å². The van der Waals surface area contributed by atoms with Crippen molar-refractivity contribution < 1.29 is 4.74 Å². The molecule has 0 amide bonds. The van der Waals surface area contributed by atoms with E-state index in [1.807, 2.05) is 12.1 Å². The van der Waals surface area contributed by atoms with Crippen LogP contribution in [0.1, 0.15) is 45.6 Å². The zero-order chi connectivity index (χ0) is 15.3. The quantitative estimate of drug-likeness (QED) is 0.860. The molecule has 1 aliphatic rings. The Kier molecular flexibility index (Phi) is 5.24. The zero-order valence-electron chi connectivity index (χ0n) is 13.5. The summed E-state index contributed by atoms with van der Waals surface area (Å²) in [4.78, 5) is 0. The van der Waals surface area contributed by atoms with E-state index >= 15 is 0 Å². The predicted molar refractivity (Wildman–Crippen MR) is 90.4 cm³/mol. The van der Waals surface area contributed by atoms with Gasteiger partial charge in [-0.15, -0.1) is 0 Å². The second kappa shape index (κ2) is 6.95. The van der Waals surface area contributed by atoms with Crippen molar-refractivity contribution in [1.82, 2.24) is 0 Å². The maximum atomic E-state index is 5.58. The molecule has 0 radical (unpaired) electrons. The Morgan fingerprint density at radius 2 is 2.10 bits per heavy atom. The second-order valence-corrected chi connectivity index (χ2v) is 6.47. The molecule has 0 aromatic heterocycles. The predicted octanol–water partition coefficient (Wildman–Crippen LogP) is 4.56. The maximum Gasteiger partial charge on any atom is 0.119 e. The van der Waals surface area contributed by atoms with Crippen molar-refractivity contribution in [2.45, 2.75) is 40.0 Å².